The van der Waals surface area contributed by atoms with E-state index in [1.807, 2.05) is 6.07 Å². The van der Waals surface area contributed by atoms with Crippen LogP contribution in [0.5, 0.6) is 0 Å². The van der Waals surface area contributed by atoms with Crippen molar-refractivity contribution in [1.29, 1.82) is 0 Å². The van der Waals surface area contributed by atoms with Gasteiger partial charge in [0, 0.05) is 18.8 Å². The number of aryl methyl sites for hydroxylation is 1. The van der Waals surface area contributed by atoms with Crippen molar-refractivity contribution in [2.24, 2.45) is 0 Å². The molecule has 146 valence electrons. The molecule has 28 heavy (non-hydrogen) atoms. The van der Waals surface area contributed by atoms with Crippen LogP contribution in [0.2, 0.25) is 0 Å². The number of amides is 1. The fourth-order valence-electron chi connectivity index (χ4n) is 2.50. The lowest BCUT2D eigenvalue weighted by Gasteiger charge is -2.20. The number of benzene rings is 2. The van der Waals surface area contributed by atoms with Gasteiger partial charge in [0.2, 0.25) is 5.91 Å². The maximum Gasteiger partial charge on any atom is 0.264 e. The number of nitrogens with zero attached hydrogens (tertiary/aromatic N) is 2. The van der Waals surface area contributed by atoms with Gasteiger partial charge in [-0.15, -0.1) is 0 Å². The predicted molar refractivity (Wildman–Crippen MR) is 107 cm³/mol. The highest BCUT2D eigenvalue weighted by molar-refractivity contribution is 7.92. The lowest BCUT2D eigenvalue weighted by atomic mass is 10.3. The normalized spacial score (nSPS) is 11.1. The van der Waals surface area contributed by atoms with E-state index in [4.69, 9.17) is 4.52 Å². The summed E-state index contributed by atoms with van der Waals surface area (Å²) in [7, 11) is -2.23. The Morgan fingerprint density at radius 1 is 1.11 bits per heavy atom. The Balaban J connectivity index is 1.68. The molecular weight excluding hydrogens is 380 g/mol. The maximum atomic E-state index is 12.9. The molecule has 0 fully saturated rings. The van der Waals surface area contributed by atoms with E-state index in [1.54, 1.807) is 49.4 Å². The monoisotopic (exact) mass is 400 g/mol. The molecule has 1 heterocycles. The van der Waals surface area contributed by atoms with Crippen molar-refractivity contribution < 1.29 is 17.7 Å². The highest BCUT2D eigenvalue weighted by atomic mass is 32.2. The first-order valence-electron chi connectivity index (χ1n) is 8.47. The molecule has 0 aliphatic rings. The molecular formula is C19H20N4O4S. The van der Waals surface area contributed by atoms with Crippen LogP contribution in [0.1, 0.15) is 5.76 Å². The minimum Gasteiger partial charge on any atom is -0.376 e. The summed E-state index contributed by atoms with van der Waals surface area (Å²) in [6.07, 6.45) is 0. The van der Waals surface area contributed by atoms with E-state index < -0.39 is 10.0 Å². The van der Waals surface area contributed by atoms with Crippen LogP contribution >= 0.6 is 0 Å². The Bertz CT molecular complexity index is 1060. The number of hydrogen-bond acceptors (Lipinski definition) is 6. The second-order valence-corrected chi connectivity index (χ2v) is 8.03. The van der Waals surface area contributed by atoms with Gasteiger partial charge in [0.1, 0.15) is 5.76 Å². The van der Waals surface area contributed by atoms with E-state index in [-0.39, 0.29) is 17.3 Å². The smallest absolute Gasteiger partial charge is 0.264 e. The number of sulfonamides is 1. The zero-order chi connectivity index (χ0) is 20.1. The van der Waals surface area contributed by atoms with Gasteiger partial charge in [0.05, 0.1) is 17.1 Å². The molecule has 0 atom stereocenters. The molecule has 0 bridgehead atoms. The van der Waals surface area contributed by atoms with Gasteiger partial charge in [-0.3, -0.25) is 9.10 Å². The van der Waals surface area contributed by atoms with E-state index in [1.165, 1.54) is 23.5 Å². The Morgan fingerprint density at radius 3 is 2.54 bits per heavy atom. The zero-order valence-corrected chi connectivity index (χ0v) is 16.2. The molecule has 1 aromatic heterocycles. The minimum atomic E-state index is -3.73. The molecule has 0 saturated carbocycles. The van der Waals surface area contributed by atoms with Gasteiger partial charge in [-0.1, -0.05) is 29.4 Å². The highest BCUT2D eigenvalue weighted by Gasteiger charge is 2.21. The quantitative estimate of drug-likeness (QED) is 0.632. The first-order chi connectivity index (χ1) is 13.4. The average molecular weight is 400 g/mol. The van der Waals surface area contributed by atoms with Crippen LogP contribution in [0, 0.1) is 6.92 Å². The van der Waals surface area contributed by atoms with Crippen molar-refractivity contribution in [3.8, 4) is 0 Å². The maximum absolute atomic E-state index is 12.9. The molecule has 9 heteroatoms. The van der Waals surface area contributed by atoms with Crippen LogP contribution < -0.4 is 14.9 Å². The van der Waals surface area contributed by atoms with Gasteiger partial charge in [-0.05, 0) is 37.3 Å². The Hall–Kier alpha value is -3.33. The molecule has 8 nitrogen and oxygen atoms in total. The van der Waals surface area contributed by atoms with Crippen LogP contribution in [-0.2, 0) is 14.8 Å². The largest absolute Gasteiger partial charge is 0.376 e. The van der Waals surface area contributed by atoms with Crippen LogP contribution in [0.3, 0.4) is 0 Å². The lowest BCUT2D eigenvalue weighted by Crippen LogP contribution is -2.26. The summed E-state index contributed by atoms with van der Waals surface area (Å²) < 4.78 is 31.8. The van der Waals surface area contributed by atoms with Crippen molar-refractivity contribution in [3.63, 3.8) is 0 Å². The number of carbonyl (C=O) groups is 1. The first-order valence-corrected chi connectivity index (χ1v) is 9.91. The standard InChI is InChI=1S/C19H20N4O4S/c1-14-11-18(22-27-14)21-19(24)13-20-15-7-6-10-17(12-15)28(25,26)23(2)16-8-4-3-5-9-16/h3-12,20H,13H2,1-2H3,(H,21,22,24). The van der Waals surface area contributed by atoms with Crippen LogP contribution in [-0.4, -0.2) is 33.1 Å². The van der Waals surface area contributed by atoms with Gasteiger partial charge in [0.15, 0.2) is 5.82 Å². The molecule has 1 amide bonds. The average Bonchev–Trinajstić information content (AvgIpc) is 3.11. The Morgan fingerprint density at radius 2 is 1.86 bits per heavy atom. The molecule has 0 aliphatic carbocycles. The van der Waals surface area contributed by atoms with E-state index in [0.29, 0.717) is 23.0 Å². The number of carbonyl (C=O) groups excluding carboxylic acids is 1. The topological polar surface area (TPSA) is 105 Å². The zero-order valence-electron chi connectivity index (χ0n) is 15.4. The number of rotatable bonds is 7. The Labute approximate surface area is 163 Å². The summed E-state index contributed by atoms with van der Waals surface area (Å²) in [4.78, 5) is 12.1. The molecule has 0 spiro atoms. The van der Waals surface area contributed by atoms with Crippen molar-refractivity contribution in [3.05, 3.63) is 66.4 Å². The van der Waals surface area contributed by atoms with Gasteiger partial charge >= 0.3 is 0 Å². The van der Waals surface area contributed by atoms with Gasteiger partial charge < -0.3 is 15.2 Å². The van der Waals surface area contributed by atoms with Gasteiger partial charge in [-0.25, -0.2) is 8.42 Å². The third-order valence-corrected chi connectivity index (χ3v) is 5.74. The third-order valence-electron chi connectivity index (χ3n) is 3.96. The second-order valence-electron chi connectivity index (χ2n) is 6.06. The van der Waals surface area contributed by atoms with Crippen molar-refractivity contribution >= 4 is 33.1 Å². The fraction of sp³-hybridized carbons (Fsp3) is 0.158. The SMILES string of the molecule is Cc1cc(NC(=O)CNc2cccc(S(=O)(=O)N(C)c3ccccc3)c2)no1. The summed E-state index contributed by atoms with van der Waals surface area (Å²) in [5.41, 5.74) is 1.07. The van der Waals surface area contributed by atoms with Crippen molar-refractivity contribution in [1.82, 2.24) is 5.16 Å². The van der Waals surface area contributed by atoms with Crippen LogP contribution in [0.4, 0.5) is 17.2 Å². The van der Waals surface area contributed by atoms with Crippen LogP contribution in [0.25, 0.3) is 0 Å². The number of nitrogens with one attached hydrogen (secondary N) is 2. The first kappa shape index (κ1) is 19.4. The summed E-state index contributed by atoms with van der Waals surface area (Å²) in [6.45, 7) is 1.67. The molecule has 3 aromatic rings. The van der Waals surface area contributed by atoms with Gasteiger partial charge in [0.25, 0.3) is 10.0 Å². The molecule has 0 radical (unpaired) electrons. The lowest BCUT2D eigenvalue weighted by molar-refractivity contribution is -0.114. The molecule has 0 unspecified atom stereocenters. The molecule has 2 aromatic carbocycles. The molecule has 2 N–H and O–H groups in total. The van der Waals surface area contributed by atoms with Crippen molar-refractivity contribution in [2.45, 2.75) is 11.8 Å². The van der Waals surface area contributed by atoms with Crippen LogP contribution in [0.15, 0.2) is 70.1 Å². The van der Waals surface area contributed by atoms with Gasteiger partial charge in [-0.2, -0.15) is 0 Å². The summed E-state index contributed by atoms with van der Waals surface area (Å²) in [5, 5.41) is 9.18. The molecule has 3 rings (SSSR count). The predicted octanol–water partition coefficient (Wildman–Crippen LogP) is 2.86. The number of para-hydroxylation sites is 1. The minimum absolute atomic E-state index is 0.0517. The number of anilines is 3. The Kier molecular flexibility index (Phi) is 5.65. The van der Waals surface area contributed by atoms with Crippen molar-refractivity contribution in [2.75, 3.05) is 28.5 Å². The second kappa shape index (κ2) is 8.13. The summed E-state index contributed by atoms with van der Waals surface area (Å²) >= 11 is 0. The van der Waals surface area contributed by atoms with E-state index in [0.717, 1.165) is 0 Å². The summed E-state index contributed by atoms with van der Waals surface area (Å²) in [6, 6.07) is 16.7. The third kappa shape index (κ3) is 4.49. The summed E-state index contributed by atoms with van der Waals surface area (Å²) in [5.74, 6) is 0.580. The number of aromatic nitrogens is 1. The van der Waals surface area contributed by atoms with E-state index >= 15 is 0 Å². The highest BCUT2D eigenvalue weighted by Crippen LogP contribution is 2.23. The van der Waals surface area contributed by atoms with E-state index in [2.05, 4.69) is 15.8 Å². The fourth-order valence-corrected chi connectivity index (χ4v) is 3.74. The molecule has 0 aliphatic heterocycles. The molecule has 0 saturated heterocycles. The number of hydrogen-bond donors (Lipinski definition) is 2. The van der Waals surface area contributed by atoms with E-state index in [9.17, 15) is 13.2 Å².